The van der Waals surface area contributed by atoms with Gasteiger partial charge in [0.1, 0.15) is 30.7 Å². The molecule has 15 N–H and O–H groups in total. The van der Waals surface area contributed by atoms with Gasteiger partial charge < -0.3 is 69.5 Å². The van der Waals surface area contributed by atoms with Crippen molar-refractivity contribution in [3.63, 3.8) is 0 Å². The summed E-state index contributed by atoms with van der Waals surface area (Å²) >= 11 is 0. The average Bonchev–Trinajstić information content (AvgIpc) is 3.65. The Morgan fingerprint density at radius 2 is 1.38 bits per heavy atom. The van der Waals surface area contributed by atoms with Gasteiger partial charge in [-0.3, -0.25) is 48.1 Å². The summed E-state index contributed by atoms with van der Waals surface area (Å²) < 4.78 is 0. The Kier molecular flexibility index (Phi) is 21.4. The number of nitrogens with one attached hydrogen (secondary N) is 7. The number of rotatable bonds is 24. The van der Waals surface area contributed by atoms with Crippen molar-refractivity contribution in [3.8, 4) is 0 Å². The summed E-state index contributed by atoms with van der Waals surface area (Å²) in [4.78, 5) is 117. The number of likely N-dealkylation sites (tertiary alicyclic amines) is 1. The highest BCUT2D eigenvalue weighted by molar-refractivity contribution is 5.96. The van der Waals surface area contributed by atoms with Crippen LogP contribution in [0.25, 0.3) is 0 Å². The van der Waals surface area contributed by atoms with Crippen LogP contribution < -0.4 is 54.4 Å². The van der Waals surface area contributed by atoms with E-state index in [1.807, 2.05) is 0 Å². The highest BCUT2D eigenvalue weighted by atomic mass is 16.4. The van der Waals surface area contributed by atoms with E-state index in [0.29, 0.717) is 45.2 Å². The maximum absolute atomic E-state index is 13.2. The third-order valence-electron chi connectivity index (χ3n) is 8.73. The molecule has 1 aliphatic heterocycles. The van der Waals surface area contributed by atoms with Crippen LogP contribution in [0.3, 0.4) is 0 Å². The Hall–Kier alpha value is -5.58. The van der Waals surface area contributed by atoms with E-state index < -0.39 is 128 Å². The lowest BCUT2D eigenvalue weighted by atomic mass is 9.96. The number of aliphatic hydroxyl groups is 1. The summed E-state index contributed by atoms with van der Waals surface area (Å²) in [6.07, 6.45) is 2.14. The van der Waals surface area contributed by atoms with Crippen LogP contribution in [0.2, 0.25) is 0 Å². The molecule has 0 unspecified atom stereocenters. The number of aliphatic carboxylic acids is 1. The van der Waals surface area contributed by atoms with Crippen LogP contribution >= 0.6 is 0 Å². The zero-order chi connectivity index (χ0) is 42.5. The van der Waals surface area contributed by atoms with Gasteiger partial charge in [-0.05, 0) is 37.5 Å². The minimum Gasteiger partial charge on any atom is -0.480 e. The van der Waals surface area contributed by atoms with Gasteiger partial charge in [-0.15, -0.1) is 0 Å². The molecule has 0 aromatic rings. The predicted octanol–water partition coefficient (Wildman–Crippen LogP) is -5.94. The smallest absolute Gasteiger partial charge is 0.322 e. The summed E-state index contributed by atoms with van der Waals surface area (Å²) in [5.41, 5.74) is 16.6. The maximum atomic E-state index is 13.2. The third kappa shape index (κ3) is 17.3. The van der Waals surface area contributed by atoms with Gasteiger partial charge >= 0.3 is 5.97 Å². The Labute approximate surface area is 324 Å². The molecule has 1 heterocycles. The molecule has 1 aliphatic rings. The van der Waals surface area contributed by atoms with E-state index in [9.17, 15) is 48.3 Å². The number of aliphatic imine (C=N–C) groups is 1. The van der Waals surface area contributed by atoms with E-state index >= 15 is 0 Å². The number of hydrogen-bond donors (Lipinski definition) is 12. The van der Waals surface area contributed by atoms with Crippen molar-refractivity contribution < 1.29 is 53.4 Å². The lowest BCUT2D eigenvalue weighted by Gasteiger charge is -2.28. The Bertz CT molecular complexity index is 1440. The highest BCUT2D eigenvalue weighted by Crippen LogP contribution is 2.19. The number of aliphatic hydroxyl groups excluding tert-OH is 1. The number of nitrogens with zero attached hydrogens (tertiary/aromatic N) is 2. The monoisotopic (exact) mass is 798 g/mol. The Morgan fingerprint density at radius 3 is 1.93 bits per heavy atom. The average molecular weight is 799 g/mol. The number of carbonyl (C=O) groups is 9. The van der Waals surface area contributed by atoms with Crippen molar-refractivity contribution in [3.05, 3.63) is 0 Å². The molecule has 56 heavy (non-hydrogen) atoms. The third-order valence-corrected chi connectivity index (χ3v) is 8.73. The first-order valence-electron chi connectivity index (χ1n) is 18.3. The van der Waals surface area contributed by atoms with Gasteiger partial charge in [0, 0.05) is 13.1 Å². The quantitative estimate of drug-likeness (QED) is 0.0246. The van der Waals surface area contributed by atoms with Crippen molar-refractivity contribution in [2.75, 3.05) is 45.9 Å². The van der Waals surface area contributed by atoms with Crippen LogP contribution in [0.4, 0.5) is 0 Å². The molecular weight excluding hydrogens is 740 g/mol. The summed E-state index contributed by atoms with van der Waals surface area (Å²) in [5, 5.41) is 35.0. The SMILES string of the molecule is CC[C@H](C)[C@H](NC(=O)[C@@H](NC(=O)[C@H](CO)NC(=O)CNC(=O)CNC(=O)CNC(=O)[C@@H]1CCCN1C(=O)[C@@H](N)CCCN=C(N)N)C(C)C)C(=O)NCC(=O)O. The van der Waals surface area contributed by atoms with Crippen LogP contribution in [0.15, 0.2) is 4.99 Å². The van der Waals surface area contributed by atoms with E-state index in [1.54, 1.807) is 27.7 Å². The predicted molar refractivity (Wildman–Crippen MR) is 199 cm³/mol. The molecule has 316 valence electrons. The zero-order valence-electron chi connectivity index (χ0n) is 32.2. The molecule has 1 fully saturated rings. The van der Waals surface area contributed by atoms with Crippen LogP contribution in [0.1, 0.15) is 59.8 Å². The molecule has 0 aromatic heterocycles. The van der Waals surface area contributed by atoms with E-state index in [2.05, 4.69) is 42.2 Å². The van der Waals surface area contributed by atoms with Gasteiger partial charge in [-0.1, -0.05) is 34.1 Å². The maximum Gasteiger partial charge on any atom is 0.322 e. The highest BCUT2D eigenvalue weighted by Gasteiger charge is 2.36. The van der Waals surface area contributed by atoms with Crippen molar-refractivity contribution in [2.24, 2.45) is 34.0 Å². The van der Waals surface area contributed by atoms with Crippen molar-refractivity contribution in [2.45, 2.75) is 90.0 Å². The first-order valence-corrected chi connectivity index (χ1v) is 18.3. The molecule has 0 spiro atoms. The molecule has 0 bridgehead atoms. The molecule has 0 saturated carbocycles. The van der Waals surface area contributed by atoms with E-state index in [1.165, 1.54) is 4.90 Å². The lowest BCUT2D eigenvalue weighted by Crippen LogP contribution is -2.60. The standard InChI is InChI=1S/C33H58N12O11/c1-5-18(4)27(30(54)41-15-25(50)51)44-31(55)26(17(2)3)43-28(52)20(16-46)42-24(49)14-39-22(47)12-38-23(48)13-40-29(53)21-9-7-11-45(21)32(56)19(34)8-6-10-37-33(35)36/h17-21,26-27,46H,5-16,34H2,1-4H3,(H,38,48)(H,39,47)(H,40,53)(H,41,54)(H,42,49)(H,43,52)(H,44,55)(H,50,51)(H4,35,36,37)/t18-,19-,20-,21-,26-,27-/m0/s1. The van der Waals surface area contributed by atoms with E-state index in [4.69, 9.17) is 22.3 Å². The van der Waals surface area contributed by atoms with Crippen molar-refractivity contribution >= 4 is 59.2 Å². The minimum atomic E-state index is -1.54. The number of amides is 8. The second-order valence-electron chi connectivity index (χ2n) is 13.5. The van der Waals surface area contributed by atoms with Crippen LogP contribution in [-0.4, -0.2) is 150 Å². The van der Waals surface area contributed by atoms with Gasteiger partial charge in [0.15, 0.2) is 5.96 Å². The van der Waals surface area contributed by atoms with Crippen LogP contribution in [0.5, 0.6) is 0 Å². The molecule has 23 nitrogen and oxygen atoms in total. The van der Waals surface area contributed by atoms with Gasteiger partial charge in [0.05, 0.1) is 32.3 Å². The topological polar surface area (TPSA) is 372 Å². The zero-order valence-corrected chi connectivity index (χ0v) is 32.2. The molecular formula is C33H58N12O11. The molecule has 1 rings (SSSR count). The van der Waals surface area contributed by atoms with Gasteiger partial charge in [0.2, 0.25) is 47.3 Å². The number of hydrogen-bond acceptors (Lipinski definition) is 12. The van der Waals surface area contributed by atoms with E-state index in [-0.39, 0.29) is 5.96 Å². The number of nitrogens with two attached hydrogens (primary N) is 3. The molecule has 0 aromatic carbocycles. The number of guanidine groups is 1. The number of carboxylic acid groups (broad SMARTS) is 1. The molecule has 8 amide bonds. The second kappa shape index (κ2) is 24.8. The Morgan fingerprint density at radius 1 is 0.786 bits per heavy atom. The second-order valence-corrected chi connectivity index (χ2v) is 13.5. The summed E-state index contributed by atoms with van der Waals surface area (Å²) in [7, 11) is 0. The summed E-state index contributed by atoms with van der Waals surface area (Å²) in [6.45, 7) is 3.98. The molecule has 23 heteroatoms. The van der Waals surface area contributed by atoms with Gasteiger partial charge in [-0.2, -0.15) is 0 Å². The number of carbonyl (C=O) groups excluding carboxylic acids is 8. The van der Waals surface area contributed by atoms with Crippen molar-refractivity contribution in [1.82, 2.24) is 42.1 Å². The first-order chi connectivity index (χ1) is 26.3. The first kappa shape index (κ1) is 48.4. The van der Waals surface area contributed by atoms with Gasteiger partial charge in [0.25, 0.3) is 0 Å². The number of carboxylic acids is 1. The normalized spacial score (nSPS) is 16.2. The van der Waals surface area contributed by atoms with E-state index in [0.717, 1.165) is 0 Å². The fourth-order valence-corrected chi connectivity index (χ4v) is 5.37. The summed E-state index contributed by atoms with van der Waals surface area (Å²) in [5.74, 6) is -8.13. The molecule has 0 radical (unpaired) electrons. The van der Waals surface area contributed by atoms with Crippen LogP contribution in [-0.2, 0) is 43.2 Å². The van der Waals surface area contributed by atoms with Crippen molar-refractivity contribution in [1.29, 1.82) is 0 Å². The fourth-order valence-electron chi connectivity index (χ4n) is 5.37. The fraction of sp³-hybridized carbons (Fsp3) is 0.697. The lowest BCUT2D eigenvalue weighted by molar-refractivity contribution is -0.139. The summed E-state index contributed by atoms with van der Waals surface area (Å²) in [6, 6.07) is -5.58. The molecule has 0 aliphatic carbocycles. The van der Waals surface area contributed by atoms with Gasteiger partial charge in [-0.25, -0.2) is 0 Å². The van der Waals surface area contributed by atoms with Crippen LogP contribution in [0, 0.1) is 11.8 Å². The molecule has 1 saturated heterocycles. The molecule has 6 atom stereocenters. The largest absolute Gasteiger partial charge is 0.480 e. The Balaban J connectivity index is 2.58. The minimum absolute atomic E-state index is 0.0759.